The molecule has 2 rings (SSSR count). The molecule has 5 heteroatoms. The second kappa shape index (κ2) is 4.49. The smallest absolute Gasteiger partial charge is 0.258 e. The van der Waals surface area contributed by atoms with Crippen LogP contribution in [0.4, 0.5) is 5.69 Å². The highest BCUT2D eigenvalue weighted by Crippen LogP contribution is 2.20. The number of carbonyl (C=O) groups is 1. The number of rotatable bonds is 2. The minimum absolute atomic E-state index is 0.205. The van der Waals surface area contributed by atoms with Gasteiger partial charge in [-0.15, -0.1) is 0 Å². The maximum Gasteiger partial charge on any atom is 0.258 e. The first-order valence-corrected chi connectivity index (χ1v) is 5.42. The highest BCUT2D eigenvalue weighted by atomic mass is 79.9. The molecule has 0 saturated heterocycles. The zero-order valence-electron chi connectivity index (χ0n) is 8.53. The van der Waals surface area contributed by atoms with Crippen LogP contribution in [-0.4, -0.2) is 10.9 Å². The van der Waals surface area contributed by atoms with Gasteiger partial charge in [-0.3, -0.25) is 9.78 Å². The standard InChI is InChI=1S/C11H9BrN2O2/c1-7-4-8(6-16-7)11(15)14-10-2-3-13-5-9(10)12/h2-6H,1H3,(H,13,14,15). The van der Waals surface area contributed by atoms with Crippen LogP contribution < -0.4 is 5.32 Å². The molecule has 0 spiro atoms. The maximum absolute atomic E-state index is 11.8. The molecule has 82 valence electrons. The van der Waals surface area contributed by atoms with Crippen LogP contribution in [0, 0.1) is 6.92 Å². The first kappa shape index (κ1) is 10.9. The normalized spacial score (nSPS) is 10.1. The lowest BCUT2D eigenvalue weighted by molar-refractivity contribution is 0.102. The van der Waals surface area contributed by atoms with Crippen molar-refractivity contribution in [1.29, 1.82) is 0 Å². The van der Waals surface area contributed by atoms with Crippen LogP contribution >= 0.6 is 15.9 Å². The van der Waals surface area contributed by atoms with E-state index in [-0.39, 0.29) is 5.91 Å². The molecule has 0 bridgehead atoms. The van der Waals surface area contributed by atoms with Crippen molar-refractivity contribution in [2.75, 3.05) is 5.32 Å². The molecule has 0 radical (unpaired) electrons. The maximum atomic E-state index is 11.8. The van der Waals surface area contributed by atoms with Gasteiger partial charge in [-0.05, 0) is 35.0 Å². The average molecular weight is 281 g/mol. The average Bonchev–Trinajstić information content (AvgIpc) is 2.68. The van der Waals surface area contributed by atoms with Crippen LogP contribution in [0.15, 0.2) is 39.7 Å². The Morgan fingerprint density at radius 1 is 1.56 bits per heavy atom. The summed E-state index contributed by atoms with van der Waals surface area (Å²) in [4.78, 5) is 15.7. The van der Waals surface area contributed by atoms with Gasteiger partial charge in [0.15, 0.2) is 0 Å². The molecule has 0 saturated carbocycles. The van der Waals surface area contributed by atoms with Crippen molar-refractivity contribution in [2.24, 2.45) is 0 Å². The molecule has 0 atom stereocenters. The van der Waals surface area contributed by atoms with Crippen LogP contribution in [0.5, 0.6) is 0 Å². The molecule has 0 unspecified atom stereocenters. The van der Waals surface area contributed by atoms with E-state index < -0.39 is 0 Å². The Labute approximate surface area is 101 Å². The fourth-order valence-corrected chi connectivity index (χ4v) is 1.58. The zero-order valence-corrected chi connectivity index (χ0v) is 10.1. The molecule has 0 aliphatic heterocycles. The van der Waals surface area contributed by atoms with Crippen molar-refractivity contribution in [3.63, 3.8) is 0 Å². The number of aromatic nitrogens is 1. The highest BCUT2D eigenvalue weighted by molar-refractivity contribution is 9.10. The number of carbonyl (C=O) groups excluding carboxylic acids is 1. The molecule has 4 nitrogen and oxygen atoms in total. The Bertz CT molecular complexity index is 522. The summed E-state index contributed by atoms with van der Waals surface area (Å²) < 4.78 is 5.81. The summed E-state index contributed by atoms with van der Waals surface area (Å²) in [6, 6.07) is 3.40. The number of nitrogens with zero attached hydrogens (tertiary/aromatic N) is 1. The first-order valence-electron chi connectivity index (χ1n) is 4.63. The summed E-state index contributed by atoms with van der Waals surface area (Å²) in [5.74, 6) is 0.502. The summed E-state index contributed by atoms with van der Waals surface area (Å²) in [6.45, 7) is 1.79. The second-order valence-electron chi connectivity index (χ2n) is 3.26. The van der Waals surface area contributed by atoms with Gasteiger partial charge in [0, 0.05) is 12.4 Å². The largest absolute Gasteiger partial charge is 0.469 e. The van der Waals surface area contributed by atoms with E-state index in [2.05, 4.69) is 26.2 Å². The molecule has 16 heavy (non-hydrogen) atoms. The van der Waals surface area contributed by atoms with Gasteiger partial charge < -0.3 is 9.73 Å². The molecule has 1 N–H and O–H groups in total. The molecular formula is C11H9BrN2O2. The van der Waals surface area contributed by atoms with Crippen molar-refractivity contribution in [3.05, 3.63) is 46.6 Å². The van der Waals surface area contributed by atoms with Gasteiger partial charge in [-0.2, -0.15) is 0 Å². The Morgan fingerprint density at radius 3 is 3.00 bits per heavy atom. The molecule has 2 aromatic rings. The zero-order chi connectivity index (χ0) is 11.5. The van der Waals surface area contributed by atoms with Crippen molar-refractivity contribution in [3.8, 4) is 0 Å². The first-order chi connectivity index (χ1) is 7.66. The number of furan rings is 1. The molecule has 0 aliphatic rings. The summed E-state index contributed by atoms with van der Waals surface area (Å²) in [5, 5.41) is 2.75. The van der Waals surface area contributed by atoms with Crippen LogP contribution in [-0.2, 0) is 0 Å². The van der Waals surface area contributed by atoms with Crippen molar-refractivity contribution >= 4 is 27.5 Å². The van der Waals surface area contributed by atoms with E-state index in [0.29, 0.717) is 17.0 Å². The number of anilines is 1. The SMILES string of the molecule is Cc1cc(C(=O)Nc2ccncc2Br)co1. The number of amides is 1. The van der Waals surface area contributed by atoms with E-state index in [1.54, 1.807) is 31.5 Å². The molecule has 0 aliphatic carbocycles. The quantitative estimate of drug-likeness (QED) is 0.920. The Kier molecular flexibility index (Phi) is 3.05. The monoisotopic (exact) mass is 280 g/mol. The number of nitrogens with one attached hydrogen (secondary N) is 1. The Morgan fingerprint density at radius 2 is 2.38 bits per heavy atom. The van der Waals surface area contributed by atoms with Gasteiger partial charge in [-0.1, -0.05) is 0 Å². The van der Waals surface area contributed by atoms with E-state index >= 15 is 0 Å². The Balaban J connectivity index is 2.17. The van der Waals surface area contributed by atoms with Crippen molar-refractivity contribution in [1.82, 2.24) is 4.98 Å². The minimum Gasteiger partial charge on any atom is -0.469 e. The topological polar surface area (TPSA) is 55.1 Å². The molecule has 0 aromatic carbocycles. The number of halogens is 1. The van der Waals surface area contributed by atoms with Gasteiger partial charge in [0.2, 0.25) is 0 Å². The number of aryl methyl sites for hydroxylation is 1. The van der Waals surface area contributed by atoms with Crippen LogP contribution in [0.3, 0.4) is 0 Å². The fourth-order valence-electron chi connectivity index (χ4n) is 1.23. The number of hydrogen-bond acceptors (Lipinski definition) is 3. The fraction of sp³-hybridized carbons (Fsp3) is 0.0909. The van der Waals surface area contributed by atoms with Crippen LogP contribution in [0.25, 0.3) is 0 Å². The third kappa shape index (κ3) is 2.30. The molecule has 0 fully saturated rings. The molecule has 2 heterocycles. The summed E-state index contributed by atoms with van der Waals surface area (Å²) >= 11 is 3.30. The number of hydrogen-bond donors (Lipinski definition) is 1. The Hall–Kier alpha value is -1.62. The lowest BCUT2D eigenvalue weighted by atomic mass is 10.3. The van der Waals surface area contributed by atoms with E-state index in [4.69, 9.17) is 4.42 Å². The lowest BCUT2D eigenvalue weighted by Crippen LogP contribution is -2.11. The van der Waals surface area contributed by atoms with Crippen molar-refractivity contribution < 1.29 is 9.21 Å². The molecular weight excluding hydrogens is 272 g/mol. The van der Waals surface area contributed by atoms with Crippen LogP contribution in [0.1, 0.15) is 16.1 Å². The summed E-state index contributed by atoms with van der Waals surface area (Å²) in [6.07, 6.45) is 4.66. The van der Waals surface area contributed by atoms with E-state index in [1.807, 2.05) is 0 Å². The van der Waals surface area contributed by atoms with E-state index in [9.17, 15) is 4.79 Å². The lowest BCUT2D eigenvalue weighted by Gasteiger charge is -2.04. The van der Waals surface area contributed by atoms with Crippen LogP contribution in [0.2, 0.25) is 0 Å². The van der Waals surface area contributed by atoms with E-state index in [1.165, 1.54) is 6.26 Å². The van der Waals surface area contributed by atoms with Crippen molar-refractivity contribution in [2.45, 2.75) is 6.92 Å². The predicted octanol–water partition coefficient (Wildman–Crippen LogP) is 3.00. The highest BCUT2D eigenvalue weighted by Gasteiger charge is 2.10. The molecule has 2 aromatic heterocycles. The van der Waals surface area contributed by atoms with Gasteiger partial charge in [0.05, 0.1) is 15.7 Å². The third-order valence-electron chi connectivity index (χ3n) is 2.01. The van der Waals surface area contributed by atoms with Gasteiger partial charge >= 0.3 is 0 Å². The number of pyridine rings is 1. The van der Waals surface area contributed by atoms with Gasteiger partial charge in [0.1, 0.15) is 12.0 Å². The third-order valence-corrected chi connectivity index (χ3v) is 2.65. The van der Waals surface area contributed by atoms with Gasteiger partial charge in [-0.25, -0.2) is 0 Å². The van der Waals surface area contributed by atoms with E-state index in [0.717, 1.165) is 4.47 Å². The summed E-state index contributed by atoms with van der Waals surface area (Å²) in [7, 11) is 0. The summed E-state index contributed by atoms with van der Waals surface area (Å²) in [5.41, 5.74) is 1.18. The predicted molar refractivity (Wildman–Crippen MR) is 63.3 cm³/mol. The second-order valence-corrected chi connectivity index (χ2v) is 4.11. The van der Waals surface area contributed by atoms with Gasteiger partial charge in [0.25, 0.3) is 5.91 Å². The molecule has 1 amide bonds. The minimum atomic E-state index is -0.205.